The summed E-state index contributed by atoms with van der Waals surface area (Å²) >= 11 is 0. The Labute approximate surface area is 367 Å². The van der Waals surface area contributed by atoms with Gasteiger partial charge in [-0.15, -0.1) is 0 Å². The zero-order chi connectivity index (χ0) is 44.6. The molecular formula is C48H55N3O12. The van der Waals surface area contributed by atoms with E-state index in [2.05, 4.69) is 10.6 Å². The molecule has 0 atom stereocenters. The van der Waals surface area contributed by atoms with Crippen LogP contribution in [-0.2, 0) is 63.9 Å². The van der Waals surface area contributed by atoms with Crippen LogP contribution in [0.1, 0.15) is 65.3 Å². The summed E-state index contributed by atoms with van der Waals surface area (Å²) in [6.45, 7) is 5.44. The lowest BCUT2D eigenvalue weighted by Crippen LogP contribution is -2.43. The van der Waals surface area contributed by atoms with Crippen LogP contribution in [0.5, 0.6) is 23.0 Å². The van der Waals surface area contributed by atoms with Gasteiger partial charge in [0.25, 0.3) is 11.8 Å². The van der Waals surface area contributed by atoms with Crippen molar-refractivity contribution in [1.29, 1.82) is 0 Å². The number of nitrogens with one attached hydrogen (secondary N) is 2. The maximum Gasteiger partial charge on any atom is 0.344 e. The highest BCUT2D eigenvalue weighted by molar-refractivity contribution is 5.78. The Bertz CT molecular complexity index is 2030. The highest BCUT2D eigenvalue weighted by Gasteiger charge is 2.24. The largest absolute Gasteiger partial charge is 0.483 e. The quantitative estimate of drug-likeness (QED) is 0.143. The van der Waals surface area contributed by atoms with E-state index >= 15 is 0 Å². The van der Waals surface area contributed by atoms with Crippen molar-refractivity contribution in [3.05, 3.63) is 117 Å². The van der Waals surface area contributed by atoms with Gasteiger partial charge in [-0.1, -0.05) is 72.8 Å². The van der Waals surface area contributed by atoms with Crippen LogP contribution in [0.3, 0.4) is 0 Å². The molecule has 0 aromatic heterocycles. The van der Waals surface area contributed by atoms with Crippen molar-refractivity contribution >= 4 is 29.7 Å². The van der Waals surface area contributed by atoms with Crippen molar-refractivity contribution < 1.29 is 57.1 Å². The molecule has 1 aliphatic carbocycles. The normalized spacial score (nSPS) is 14.7. The molecule has 0 saturated heterocycles. The van der Waals surface area contributed by atoms with E-state index < -0.39 is 17.9 Å². The predicted octanol–water partition coefficient (Wildman–Crippen LogP) is 4.12. The lowest BCUT2D eigenvalue weighted by molar-refractivity contribution is -0.146. The van der Waals surface area contributed by atoms with Crippen LogP contribution in [0.4, 0.5) is 0 Å². The van der Waals surface area contributed by atoms with Gasteiger partial charge >= 0.3 is 17.9 Å². The SMILES string of the molecule is CCOC(=O)COc1c2cccc1Cc1cccc3c1OCC(=O)NCCN(CC(=O)OCC)CCNC(=O)COc1c(cccc1Cc1cccc(c1OCC(=O)OCC)C3)C2. The lowest BCUT2D eigenvalue weighted by Gasteiger charge is -2.23. The fraction of sp³-hybridized carbons (Fsp3) is 0.396. The lowest BCUT2D eigenvalue weighted by atomic mass is 9.91. The zero-order valence-corrected chi connectivity index (χ0v) is 36.1. The first-order chi connectivity index (χ1) is 30.6. The number of carbonyl (C=O) groups is 5. The first-order valence-electron chi connectivity index (χ1n) is 21.3. The van der Waals surface area contributed by atoms with Gasteiger partial charge in [-0.2, -0.15) is 0 Å². The van der Waals surface area contributed by atoms with E-state index in [0.717, 1.165) is 44.5 Å². The van der Waals surface area contributed by atoms with E-state index in [1.165, 1.54) is 0 Å². The molecule has 334 valence electrons. The van der Waals surface area contributed by atoms with E-state index in [9.17, 15) is 24.0 Å². The minimum absolute atomic E-state index is 0.0304. The highest BCUT2D eigenvalue weighted by atomic mass is 16.6. The van der Waals surface area contributed by atoms with Crippen LogP contribution in [0.25, 0.3) is 0 Å². The van der Waals surface area contributed by atoms with Gasteiger partial charge in [0.2, 0.25) is 0 Å². The van der Waals surface area contributed by atoms with Gasteiger partial charge in [-0.3, -0.25) is 19.3 Å². The number of para-hydroxylation sites is 4. The number of fused-ring (bicyclic) bond motifs is 2. The van der Waals surface area contributed by atoms with Crippen molar-refractivity contribution in [3.63, 3.8) is 0 Å². The van der Waals surface area contributed by atoms with Gasteiger partial charge in [0.05, 0.1) is 26.4 Å². The maximum absolute atomic E-state index is 13.5. The van der Waals surface area contributed by atoms with Gasteiger partial charge in [0.1, 0.15) is 23.0 Å². The highest BCUT2D eigenvalue weighted by Crippen LogP contribution is 2.39. The van der Waals surface area contributed by atoms with Crippen LogP contribution in [0, 0.1) is 0 Å². The molecule has 2 amide bonds. The second kappa shape index (κ2) is 23.0. The van der Waals surface area contributed by atoms with E-state index in [-0.39, 0.29) is 103 Å². The van der Waals surface area contributed by atoms with Crippen LogP contribution >= 0.6 is 0 Å². The molecule has 0 unspecified atom stereocenters. The topological polar surface area (TPSA) is 177 Å². The third-order valence-corrected chi connectivity index (χ3v) is 10.4. The molecule has 15 nitrogen and oxygen atoms in total. The summed E-state index contributed by atoms with van der Waals surface area (Å²) in [6.07, 6.45) is 1.15. The number of rotatable bonds is 11. The van der Waals surface area contributed by atoms with Crippen molar-refractivity contribution in [2.24, 2.45) is 0 Å². The van der Waals surface area contributed by atoms with Crippen molar-refractivity contribution in [3.8, 4) is 23.0 Å². The van der Waals surface area contributed by atoms with E-state index in [1.807, 2.05) is 72.8 Å². The standard InChI is InChI=1S/C48H55N3O12/c1-4-57-42(54)27-51-21-19-49-40(52)28-60-45-32-11-7-13-34(45)25-38-17-10-18-39(48(38)63-31-44(56)59-6-3)26-35-14-8-12-33(46(35)61-29-41(53)50-20-22-51)24-37-16-9-15-36(23-32)47(37)62-30-43(55)58-5-2/h7-18H,4-6,19-31H2,1-3H3,(H,49,52)(H,50,53). The predicted molar refractivity (Wildman–Crippen MR) is 231 cm³/mol. The van der Waals surface area contributed by atoms with Gasteiger partial charge in [-0.05, 0) is 65.3 Å². The summed E-state index contributed by atoms with van der Waals surface area (Å²) in [5, 5.41) is 5.79. The number of hydrogen-bond acceptors (Lipinski definition) is 13. The molecule has 4 aromatic carbocycles. The number of carbonyl (C=O) groups excluding carboxylic acids is 5. The summed E-state index contributed by atoms with van der Waals surface area (Å²) in [7, 11) is 0. The third-order valence-electron chi connectivity index (χ3n) is 10.4. The first kappa shape index (κ1) is 45.9. The number of benzene rings is 4. The smallest absolute Gasteiger partial charge is 0.344 e. The molecule has 2 N–H and O–H groups in total. The number of amides is 2. The summed E-state index contributed by atoms with van der Waals surface area (Å²) in [5.41, 5.74) is 5.97. The minimum Gasteiger partial charge on any atom is -0.483 e. The number of ether oxygens (including phenoxy) is 7. The molecular weight excluding hydrogens is 811 g/mol. The molecule has 1 heterocycles. The fourth-order valence-electron chi connectivity index (χ4n) is 7.64. The van der Waals surface area contributed by atoms with Crippen LogP contribution in [0.2, 0.25) is 0 Å². The van der Waals surface area contributed by atoms with Crippen molar-refractivity contribution in [2.75, 3.05) is 79.0 Å². The summed E-state index contributed by atoms with van der Waals surface area (Å²) in [6, 6.07) is 23.0. The molecule has 0 radical (unpaired) electrons. The Hall–Kier alpha value is -6.61. The minimum atomic E-state index is -0.520. The molecule has 6 rings (SSSR count). The van der Waals surface area contributed by atoms with Gasteiger partial charge in [0.15, 0.2) is 26.4 Å². The molecule has 15 heteroatoms. The second-order valence-corrected chi connectivity index (χ2v) is 14.9. The maximum atomic E-state index is 13.5. The molecule has 63 heavy (non-hydrogen) atoms. The van der Waals surface area contributed by atoms with Crippen molar-refractivity contribution in [1.82, 2.24) is 15.5 Å². The average Bonchev–Trinajstić information content (AvgIpc) is 3.25. The van der Waals surface area contributed by atoms with Gasteiger partial charge < -0.3 is 43.8 Å². The molecule has 0 fully saturated rings. The number of nitrogens with zero attached hydrogens (tertiary/aromatic N) is 1. The Morgan fingerprint density at radius 2 is 0.857 bits per heavy atom. The molecule has 0 saturated carbocycles. The number of esters is 3. The number of hydrogen-bond donors (Lipinski definition) is 2. The van der Waals surface area contributed by atoms with Crippen LogP contribution in [0.15, 0.2) is 72.8 Å². The Morgan fingerprint density at radius 3 is 1.21 bits per heavy atom. The Balaban J connectivity index is 1.51. The van der Waals surface area contributed by atoms with Gasteiger partial charge in [-0.25, -0.2) is 9.59 Å². The Kier molecular flexibility index (Phi) is 16.8. The van der Waals surface area contributed by atoms with Crippen molar-refractivity contribution in [2.45, 2.75) is 46.5 Å². The second-order valence-electron chi connectivity index (χ2n) is 14.9. The average molecular weight is 866 g/mol. The first-order valence-corrected chi connectivity index (χ1v) is 21.3. The van der Waals surface area contributed by atoms with Crippen LogP contribution < -0.4 is 29.6 Å². The van der Waals surface area contributed by atoms with Gasteiger partial charge in [0, 0.05) is 51.9 Å². The van der Waals surface area contributed by atoms with E-state index in [0.29, 0.717) is 36.1 Å². The summed E-state index contributed by atoms with van der Waals surface area (Å²) in [5.74, 6) is -0.319. The summed E-state index contributed by atoms with van der Waals surface area (Å²) < 4.78 is 41.2. The third kappa shape index (κ3) is 13.0. The fourth-order valence-corrected chi connectivity index (χ4v) is 7.64. The molecule has 10 bridgehead atoms. The van der Waals surface area contributed by atoms with Crippen LogP contribution in [-0.4, -0.2) is 114 Å². The molecule has 4 aromatic rings. The molecule has 2 aliphatic rings. The zero-order valence-electron chi connectivity index (χ0n) is 36.1. The molecule has 1 aliphatic heterocycles. The monoisotopic (exact) mass is 865 g/mol. The van der Waals surface area contributed by atoms with E-state index in [1.54, 1.807) is 25.7 Å². The molecule has 0 spiro atoms. The van der Waals surface area contributed by atoms with E-state index in [4.69, 9.17) is 33.2 Å². The Morgan fingerprint density at radius 1 is 0.524 bits per heavy atom. The summed E-state index contributed by atoms with van der Waals surface area (Å²) in [4.78, 5) is 66.6.